The van der Waals surface area contributed by atoms with E-state index in [2.05, 4.69) is 5.32 Å². The van der Waals surface area contributed by atoms with Crippen LogP contribution in [0.25, 0.3) is 0 Å². The van der Waals surface area contributed by atoms with Gasteiger partial charge in [0.1, 0.15) is 0 Å². The molecule has 2 atom stereocenters. The molecule has 1 aliphatic heterocycles. The number of imide groups is 1. The number of nitrogens with one attached hydrogen (secondary N) is 1. The van der Waals surface area contributed by atoms with Crippen molar-refractivity contribution in [1.29, 1.82) is 0 Å². The molecule has 2 aliphatic rings. The molecule has 1 heterocycles. The molecule has 0 aromatic heterocycles. The van der Waals surface area contributed by atoms with Crippen molar-refractivity contribution in [2.24, 2.45) is 5.41 Å². The van der Waals surface area contributed by atoms with Gasteiger partial charge in [0, 0.05) is 12.0 Å². The lowest BCUT2D eigenvalue weighted by Gasteiger charge is -2.27. The van der Waals surface area contributed by atoms with E-state index in [4.69, 9.17) is 32.7 Å². The Kier molecular flexibility index (Phi) is 8.82. The van der Waals surface area contributed by atoms with Crippen molar-refractivity contribution in [3.8, 4) is 0 Å². The molecule has 4 rings (SSSR count). The van der Waals surface area contributed by atoms with E-state index < -0.39 is 47.3 Å². The summed E-state index contributed by atoms with van der Waals surface area (Å²) in [4.78, 5) is 69.1. The summed E-state index contributed by atoms with van der Waals surface area (Å²) in [5.41, 5.74) is -0.217. The Bertz CT molecular complexity index is 1350. The number of hydrogen-bond donors (Lipinski definition) is 1. The van der Waals surface area contributed by atoms with Crippen LogP contribution in [0.5, 0.6) is 0 Å². The molecule has 2 aromatic rings. The third kappa shape index (κ3) is 5.56. The van der Waals surface area contributed by atoms with Crippen molar-refractivity contribution < 1.29 is 33.4 Å². The van der Waals surface area contributed by atoms with E-state index in [-0.39, 0.29) is 34.4 Å². The lowest BCUT2D eigenvalue weighted by molar-refractivity contribution is -0.149. The van der Waals surface area contributed by atoms with Gasteiger partial charge in [-0.25, -0.2) is 14.5 Å². The van der Waals surface area contributed by atoms with Crippen LogP contribution in [0.4, 0.5) is 10.5 Å². The predicted octanol–water partition coefficient (Wildman–Crippen LogP) is 4.67. The molecule has 0 bridgehead atoms. The molecule has 1 saturated heterocycles. The van der Waals surface area contributed by atoms with Crippen LogP contribution in [-0.4, -0.2) is 65.4 Å². The summed E-state index contributed by atoms with van der Waals surface area (Å²) >= 11 is 12.4. The first-order chi connectivity index (χ1) is 19.1. The minimum absolute atomic E-state index is 0.00796. The first-order valence-corrected chi connectivity index (χ1v) is 13.6. The van der Waals surface area contributed by atoms with Crippen molar-refractivity contribution in [3.05, 3.63) is 63.6 Å². The van der Waals surface area contributed by atoms with E-state index in [1.165, 1.54) is 24.1 Å². The maximum Gasteiger partial charge on any atom is 0.339 e. The molecule has 0 spiro atoms. The van der Waals surface area contributed by atoms with Gasteiger partial charge in [-0.2, -0.15) is 0 Å². The normalized spacial score (nSPS) is 18.5. The highest BCUT2D eigenvalue weighted by Crippen LogP contribution is 2.51. The van der Waals surface area contributed by atoms with Crippen LogP contribution in [0.2, 0.25) is 10.0 Å². The van der Waals surface area contributed by atoms with Gasteiger partial charge in [0.2, 0.25) is 6.23 Å². The van der Waals surface area contributed by atoms with Gasteiger partial charge in [-0.3, -0.25) is 19.3 Å². The number of ketones is 1. The van der Waals surface area contributed by atoms with E-state index in [0.717, 1.165) is 5.56 Å². The van der Waals surface area contributed by atoms with Crippen LogP contribution in [0.1, 0.15) is 49.0 Å². The van der Waals surface area contributed by atoms with Crippen molar-refractivity contribution in [2.45, 2.75) is 51.9 Å². The third-order valence-corrected chi connectivity index (χ3v) is 7.86. The standard InChI is InChI=1S/C28H29Cl2N3O7/c1-4-28(11-12-28)22(34)21(23(35)31-20-13-17(26(37)39-3)18(29)14-19(20)30)33-24(36)25(40-5-2)32(27(33)38)15-16-9-7-6-8-10-16/h6-10,13-14,21,25H,4-5,11-12,15H2,1-3H3,(H,31,35). The molecule has 10 nitrogen and oxygen atoms in total. The molecular formula is C28H29Cl2N3O7. The summed E-state index contributed by atoms with van der Waals surface area (Å²) in [5, 5.41) is 2.50. The molecule has 12 heteroatoms. The molecule has 2 unspecified atom stereocenters. The zero-order valence-corrected chi connectivity index (χ0v) is 23.8. The van der Waals surface area contributed by atoms with Crippen molar-refractivity contribution in [2.75, 3.05) is 19.0 Å². The minimum Gasteiger partial charge on any atom is -0.465 e. The maximum absolute atomic E-state index is 13.9. The number of methoxy groups -OCH3 is 1. The van der Waals surface area contributed by atoms with E-state index >= 15 is 0 Å². The fraction of sp³-hybridized carbons (Fsp3) is 0.393. The van der Waals surface area contributed by atoms with Crippen LogP contribution in [-0.2, 0) is 30.4 Å². The predicted molar refractivity (Wildman–Crippen MR) is 147 cm³/mol. The maximum atomic E-state index is 13.9. The summed E-state index contributed by atoms with van der Waals surface area (Å²) in [6.07, 6.45) is 0.170. The number of amides is 4. The molecule has 4 amide bonds. The largest absolute Gasteiger partial charge is 0.465 e. The summed E-state index contributed by atoms with van der Waals surface area (Å²) in [6.45, 7) is 3.63. The Balaban J connectivity index is 1.73. The van der Waals surface area contributed by atoms with Gasteiger partial charge >= 0.3 is 12.0 Å². The van der Waals surface area contributed by atoms with Crippen LogP contribution in [0, 0.1) is 5.41 Å². The summed E-state index contributed by atoms with van der Waals surface area (Å²) in [7, 11) is 1.17. The Hall–Kier alpha value is -3.47. The smallest absolute Gasteiger partial charge is 0.339 e. The zero-order valence-electron chi connectivity index (χ0n) is 22.2. The number of carbonyl (C=O) groups is 5. The first-order valence-electron chi connectivity index (χ1n) is 12.8. The average molecular weight is 590 g/mol. The molecule has 1 aliphatic carbocycles. The minimum atomic E-state index is -1.79. The van der Waals surface area contributed by atoms with Gasteiger partial charge in [0.05, 0.1) is 35.0 Å². The molecular weight excluding hydrogens is 561 g/mol. The molecule has 1 N–H and O–H groups in total. The van der Waals surface area contributed by atoms with Crippen molar-refractivity contribution in [3.63, 3.8) is 0 Å². The lowest BCUT2D eigenvalue weighted by atomic mass is 9.91. The molecule has 0 radical (unpaired) electrons. The molecule has 1 saturated carbocycles. The second-order valence-electron chi connectivity index (χ2n) is 9.61. The Morgan fingerprint density at radius 1 is 1.07 bits per heavy atom. The Morgan fingerprint density at radius 2 is 1.75 bits per heavy atom. The molecule has 212 valence electrons. The highest BCUT2D eigenvalue weighted by molar-refractivity contribution is 6.38. The van der Waals surface area contributed by atoms with E-state index in [1.807, 2.05) is 13.0 Å². The summed E-state index contributed by atoms with van der Waals surface area (Å²) < 4.78 is 10.4. The Morgan fingerprint density at radius 3 is 2.33 bits per heavy atom. The van der Waals surface area contributed by atoms with Gasteiger partial charge in [0.15, 0.2) is 11.8 Å². The number of ether oxygens (including phenoxy) is 2. The van der Waals surface area contributed by atoms with Crippen LogP contribution in [0.15, 0.2) is 42.5 Å². The van der Waals surface area contributed by atoms with Crippen molar-refractivity contribution >= 4 is 58.5 Å². The van der Waals surface area contributed by atoms with Crippen LogP contribution < -0.4 is 5.32 Å². The average Bonchev–Trinajstić information content (AvgIpc) is 3.71. The molecule has 2 aromatic carbocycles. The summed E-state index contributed by atoms with van der Waals surface area (Å²) in [6, 6.07) is 8.81. The highest BCUT2D eigenvalue weighted by Gasteiger charge is 2.59. The topological polar surface area (TPSA) is 122 Å². The number of anilines is 1. The molecule has 2 fully saturated rings. The third-order valence-electron chi connectivity index (χ3n) is 7.23. The van der Waals surface area contributed by atoms with Crippen LogP contribution in [0.3, 0.4) is 0 Å². The van der Waals surface area contributed by atoms with Crippen molar-refractivity contribution in [1.82, 2.24) is 9.80 Å². The number of benzene rings is 2. The Labute approximate surface area is 241 Å². The monoisotopic (exact) mass is 589 g/mol. The fourth-order valence-electron chi connectivity index (χ4n) is 4.75. The number of hydrogen-bond acceptors (Lipinski definition) is 7. The number of Topliss-reactive ketones (excluding diaryl/α,β-unsaturated/α-hetero) is 1. The van der Waals surface area contributed by atoms with Gasteiger partial charge in [0.25, 0.3) is 11.8 Å². The quantitative estimate of drug-likeness (QED) is 0.229. The van der Waals surface area contributed by atoms with Gasteiger partial charge in [-0.05, 0) is 43.9 Å². The van der Waals surface area contributed by atoms with E-state index in [9.17, 15) is 24.0 Å². The number of rotatable bonds is 11. The zero-order chi connectivity index (χ0) is 29.2. The van der Waals surface area contributed by atoms with Gasteiger partial charge < -0.3 is 14.8 Å². The van der Waals surface area contributed by atoms with E-state index in [0.29, 0.717) is 24.2 Å². The lowest BCUT2D eigenvalue weighted by Crippen LogP contribution is -2.54. The van der Waals surface area contributed by atoms with Crippen LogP contribution >= 0.6 is 23.2 Å². The number of halogens is 2. The second kappa shape index (κ2) is 12.0. The van der Waals surface area contributed by atoms with E-state index in [1.54, 1.807) is 31.2 Å². The first kappa shape index (κ1) is 29.5. The number of urea groups is 1. The molecule has 40 heavy (non-hydrogen) atoms. The number of esters is 1. The van der Waals surface area contributed by atoms with Gasteiger partial charge in [-0.1, -0.05) is 60.5 Å². The number of carbonyl (C=O) groups excluding carboxylic acids is 5. The summed E-state index contributed by atoms with van der Waals surface area (Å²) in [5.74, 6) is -3.10. The highest BCUT2D eigenvalue weighted by atomic mass is 35.5. The van der Waals surface area contributed by atoms with Gasteiger partial charge in [-0.15, -0.1) is 0 Å². The fourth-order valence-corrected chi connectivity index (χ4v) is 5.26. The number of nitrogens with zero attached hydrogens (tertiary/aromatic N) is 2. The SMILES string of the molecule is CCOC1C(=O)N(C(C(=O)Nc2cc(C(=O)OC)c(Cl)cc2Cl)C(=O)C2(CC)CC2)C(=O)N1Cc1ccccc1. The second-order valence-corrected chi connectivity index (χ2v) is 10.4.